The molecule has 8 nitrogen and oxygen atoms in total. The maximum absolute atomic E-state index is 12.6. The Hall–Kier alpha value is -3.46. The Morgan fingerprint density at radius 3 is 2.27 bits per heavy atom. The molecule has 0 saturated heterocycles. The number of aromatic nitrogens is 2. The number of sulfonamides is 1. The summed E-state index contributed by atoms with van der Waals surface area (Å²) in [6.07, 6.45) is 0. The van der Waals surface area contributed by atoms with Crippen LogP contribution in [0.15, 0.2) is 59.5 Å². The van der Waals surface area contributed by atoms with Crippen molar-refractivity contribution < 1.29 is 13.2 Å². The molecule has 1 heterocycles. The predicted molar refractivity (Wildman–Crippen MR) is 118 cm³/mol. The monoisotopic (exact) mass is 425 g/mol. The molecule has 0 fully saturated rings. The van der Waals surface area contributed by atoms with Gasteiger partial charge in [-0.15, -0.1) is 0 Å². The average molecular weight is 426 g/mol. The molecule has 0 aliphatic heterocycles. The lowest BCUT2D eigenvalue weighted by Gasteiger charge is -2.14. The van der Waals surface area contributed by atoms with Gasteiger partial charge in [-0.1, -0.05) is 12.1 Å². The van der Waals surface area contributed by atoms with E-state index in [0.29, 0.717) is 22.9 Å². The SMILES string of the molecule is CC(=O)c1cccc(S(=O)(=O)Nc2ccc(Nc3cc(N(C)C)nc(C)n3)cc2)c1. The summed E-state index contributed by atoms with van der Waals surface area (Å²) in [6, 6.07) is 14.6. The largest absolute Gasteiger partial charge is 0.363 e. The van der Waals surface area contributed by atoms with Gasteiger partial charge in [0.1, 0.15) is 17.5 Å². The van der Waals surface area contributed by atoms with E-state index in [1.54, 1.807) is 36.4 Å². The number of rotatable bonds is 7. The second-order valence-electron chi connectivity index (χ2n) is 6.94. The van der Waals surface area contributed by atoms with E-state index in [4.69, 9.17) is 0 Å². The van der Waals surface area contributed by atoms with Gasteiger partial charge >= 0.3 is 0 Å². The third-order valence-electron chi connectivity index (χ3n) is 4.24. The van der Waals surface area contributed by atoms with Crippen molar-refractivity contribution in [2.24, 2.45) is 0 Å². The first-order valence-electron chi connectivity index (χ1n) is 9.18. The molecule has 2 aromatic carbocycles. The highest BCUT2D eigenvalue weighted by Crippen LogP contribution is 2.22. The number of hydrogen-bond donors (Lipinski definition) is 2. The summed E-state index contributed by atoms with van der Waals surface area (Å²) in [4.78, 5) is 22.2. The minimum Gasteiger partial charge on any atom is -0.363 e. The van der Waals surface area contributed by atoms with Crippen LogP contribution in [0.2, 0.25) is 0 Å². The standard InChI is InChI=1S/C21H23N5O3S/c1-14(27)16-6-5-7-19(12-16)30(28,29)25-18-10-8-17(9-11-18)24-20-13-21(26(3)4)23-15(2)22-20/h5-13,25H,1-4H3,(H,22,23,24). The molecule has 0 unspecified atom stereocenters. The minimum absolute atomic E-state index is 0.0325. The minimum atomic E-state index is -3.81. The van der Waals surface area contributed by atoms with E-state index >= 15 is 0 Å². The molecule has 0 spiro atoms. The van der Waals surface area contributed by atoms with Crippen molar-refractivity contribution in [1.82, 2.24) is 9.97 Å². The average Bonchev–Trinajstić information content (AvgIpc) is 2.69. The molecule has 0 atom stereocenters. The van der Waals surface area contributed by atoms with Crippen molar-refractivity contribution in [1.29, 1.82) is 0 Å². The first kappa shape index (κ1) is 21.3. The van der Waals surface area contributed by atoms with E-state index in [1.165, 1.54) is 19.1 Å². The van der Waals surface area contributed by atoms with Crippen LogP contribution in [-0.2, 0) is 10.0 Å². The Labute approximate surface area is 176 Å². The lowest BCUT2D eigenvalue weighted by atomic mass is 10.2. The summed E-state index contributed by atoms with van der Waals surface area (Å²) in [7, 11) is -0.00792. The second kappa shape index (κ2) is 8.50. The number of Topliss-reactive ketones (excluding diaryl/α,β-unsaturated/α-hetero) is 1. The van der Waals surface area contributed by atoms with Gasteiger partial charge in [0.25, 0.3) is 10.0 Å². The zero-order valence-corrected chi connectivity index (χ0v) is 18.0. The van der Waals surface area contributed by atoms with E-state index in [-0.39, 0.29) is 10.7 Å². The highest BCUT2D eigenvalue weighted by Gasteiger charge is 2.15. The van der Waals surface area contributed by atoms with E-state index in [0.717, 1.165) is 11.5 Å². The van der Waals surface area contributed by atoms with Crippen LogP contribution in [0.1, 0.15) is 23.1 Å². The van der Waals surface area contributed by atoms with Crippen molar-refractivity contribution in [2.45, 2.75) is 18.7 Å². The van der Waals surface area contributed by atoms with Gasteiger partial charge in [0, 0.05) is 37.1 Å². The number of nitrogens with one attached hydrogen (secondary N) is 2. The summed E-state index contributed by atoms with van der Waals surface area (Å²) in [6.45, 7) is 3.21. The van der Waals surface area contributed by atoms with Crippen LogP contribution in [0.5, 0.6) is 0 Å². The van der Waals surface area contributed by atoms with Gasteiger partial charge in [0.15, 0.2) is 5.78 Å². The van der Waals surface area contributed by atoms with Crippen LogP contribution in [0, 0.1) is 6.92 Å². The number of nitrogens with zero attached hydrogens (tertiary/aromatic N) is 3. The Balaban J connectivity index is 1.76. The number of carbonyl (C=O) groups is 1. The van der Waals surface area contributed by atoms with Crippen molar-refractivity contribution in [3.8, 4) is 0 Å². The van der Waals surface area contributed by atoms with Gasteiger partial charge in [0.05, 0.1) is 4.90 Å². The normalized spacial score (nSPS) is 11.1. The molecule has 0 saturated carbocycles. The predicted octanol–water partition coefficient (Wildman–Crippen LogP) is 3.60. The van der Waals surface area contributed by atoms with Crippen LogP contribution >= 0.6 is 0 Å². The highest BCUT2D eigenvalue weighted by atomic mass is 32.2. The van der Waals surface area contributed by atoms with Crippen LogP contribution in [0.25, 0.3) is 0 Å². The molecular formula is C21H23N5O3S. The van der Waals surface area contributed by atoms with Crippen LogP contribution in [0.3, 0.4) is 0 Å². The fourth-order valence-corrected chi connectivity index (χ4v) is 3.81. The van der Waals surface area contributed by atoms with Gasteiger partial charge in [-0.2, -0.15) is 0 Å². The van der Waals surface area contributed by atoms with Crippen LogP contribution in [-0.4, -0.2) is 38.3 Å². The molecule has 2 N–H and O–H groups in total. The molecule has 0 aliphatic carbocycles. The van der Waals surface area contributed by atoms with Gasteiger partial charge < -0.3 is 10.2 Å². The topological polar surface area (TPSA) is 104 Å². The first-order chi connectivity index (χ1) is 14.1. The van der Waals surface area contributed by atoms with Gasteiger partial charge in [-0.3, -0.25) is 9.52 Å². The maximum Gasteiger partial charge on any atom is 0.261 e. The number of carbonyl (C=O) groups excluding carboxylic acids is 1. The van der Waals surface area contributed by atoms with Crippen molar-refractivity contribution in [3.05, 3.63) is 66.0 Å². The molecule has 30 heavy (non-hydrogen) atoms. The van der Waals surface area contributed by atoms with Gasteiger partial charge in [-0.25, -0.2) is 18.4 Å². The van der Waals surface area contributed by atoms with Crippen molar-refractivity contribution in [3.63, 3.8) is 0 Å². The van der Waals surface area contributed by atoms with E-state index in [1.807, 2.05) is 32.0 Å². The molecule has 9 heteroatoms. The Bertz CT molecular complexity index is 1180. The zero-order valence-electron chi connectivity index (χ0n) is 17.2. The summed E-state index contributed by atoms with van der Waals surface area (Å²) in [5.41, 5.74) is 1.50. The van der Waals surface area contributed by atoms with Crippen molar-refractivity contribution in [2.75, 3.05) is 29.0 Å². The van der Waals surface area contributed by atoms with E-state index in [9.17, 15) is 13.2 Å². The molecule has 3 aromatic rings. The summed E-state index contributed by atoms with van der Waals surface area (Å²) in [5.74, 6) is 1.86. The van der Waals surface area contributed by atoms with E-state index < -0.39 is 10.0 Å². The van der Waals surface area contributed by atoms with E-state index in [2.05, 4.69) is 20.0 Å². The summed E-state index contributed by atoms with van der Waals surface area (Å²) in [5, 5.41) is 3.19. The first-order valence-corrected chi connectivity index (χ1v) is 10.7. The third-order valence-corrected chi connectivity index (χ3v) is 5.62. The van der Waals surface area contributed by atoms with Crippen LogP contribution < -0.4 is 14.9 Å². The number of ketones is 1. The fraction of sp³-hybridized carbons (Fsp3) is 0.190. The highest BCUT2D eigenvalue weighted by molar-refractivity contribution is 7.92. The Kier molecular flexibility index (Phi) is 6.02. The number of benzene rings is 2. The maximum atomic E-state index is 12.6. The van der Waals surface area contributed by atoms with Gasteiger partial charge in [0.2, 0.25) is 0 Å². The van der Waals surface area contributed by atoms with Gasteiger partial charge in [-0.05, 0) is 50.2 Å². The smallest absolute Gasteiger partial charge is 0.261 e. The molecule has 0 radical (unpaired) electrons. The van der Waals surface area contributed by atoms with Crippen LogP contribution in [0.4, 0.5) is 23.0 Å². The molecule has 1 aromatic heterocycles. The zero-order chi connectivity index (χ0) is 21.9. The second-order valence-corrected chi connectivity index (χ2v) is 8.63. The molecule has 3 rings (SSSR count). The number of hydrogen-bond acceptors (Lipinski definition) is 7. The quantitative estimate of drug-likeness (QED) is 0.557. The Morgan fingerprint density at radius 2 is 1.63 bits per heavy atom. The molecular weight excluding hydrogens is 402 g/mol. The lowest BCUT2D eigenvalue weighted by Crippen LogP contribution is -2.13. The number of aryl methyl sites for hydroxylation is 1. The fourth-order valence-electron chi connectivity index (χ4n) is 2.71. The molecule has 0 amide bonds. The Morgan fingerprint density at radius 1 is 0.967 bits per heavy atom. The molecule has 156 valence electrons. The van der Waals surface area contributed by atoms with Crippen molar-refractivity contribution >= 4 is 38.8 Å². The lowest BCUT2D eigenvalue weighted by molar-refractivity contribution is 0.101. The summed E-state index contributed by atoms with van der Waals surface area (Å²) < 4.78 is 27.8. The molecule has 0 aliphatic rings. The number of anilines is 4. The molecule has 0 bridgehead atoms. The summed E-state index contributed by atoms with van der Waals surface area (Å²) >= 11 is 0. The third kappa shape index (κ3) is 5.12.